The molecule has 1 aromatic carbocycles. The van der Waals surface area contributed by atoms with Crippen LogP contribution in [0.1, 0.15) is 86.1 Å². The zero-order valence-corrected chi connectivity index (χ0v) is 37.9. The first-order valence-electron chi connectivity index (χ1n) is 22.0. The number of hydrogen-bond acceptors (Lipinski definition) is 12. The summed E-state index contributed by atoms with van der Waals surface area (Å²) in [7, 11) is 0. The summed E-state index contributed by atoms with van der Waals surface area (Å²) in [6.45, 7) is 13.4. The van der Waals surface area contributed by atoms with E-state index >= 15 is 0 Å². The van der Waals surface area contributed by atoms with E-state index in [-0.39, 0.29) is 56.3 Å². The predicted molar refractivity (Wildman–Crippen MR) is 241 cm³/mol. The van der Waals surface area contributed by atoms with Gasteiger partial charge in [-0.25, -0.2) is 0 Å². The number of aromatic amines is 1. The molecule has 2 aliphatic rings. The Morgan fingerprint density at radius 1 is 0.578 bits per heavy atom. The van der Waals surface area contributed by atoms with E-state index in [9.17, 15) is 38.7 Å². The second-order valence-electron chi connectivity index (χ2n) is 17.8. The van der Waals surface area contributed by atoms with Crippen molar-refractivity contribution in [1.82, 2.24) is 58.2 Å². The normalized spacial score (nSPS) is 16.6. The highest BCUT2D eigenvalue weighted by Crippen LogP contribution is 2.19. The number of hydrogen-bond donors (Lipinski definition) is 13. The number of nitrogens with two attached hydrogens (primary N) is 1. The molecular formula is C44H68N12O8. The Labute approximate surface area is 374 Å². The van der Waals surface area contributed by atoms with Gasteiger partial charge in [-0.3, -0.25) is 33.6 Å². The molecule has 0 fully saturated rings. The van der Waals surface area contributed by atoms with Crippen molar-refractivity contribution in [3.05, 3.63) is 59.8 Å². The van der Waals surface area contributed by atoms with Crippen LogP contribution in [-0.4, -0.2) is 107 Å². The number of carboxylic acids is 1. The van der Waals surface area contributed by atoms with Crippen molar-refractivity contribution < 1.29 is 38.7 Å². The zero-order chi connectivity index (χ0) is 47.1. The number of aromatic nitrogens is 1. The molecule has 14 N–H and O–H groups in total. The molecule has 0 bridgehead atoms. The lowest BCUT2D eigenvalue weighted by atomic mass is 9.98. The van der Waals surface area contributed by atoms with Crippen molar-refractivity contribution >= 4 is 52.3 Å². The van der Waals surface area contributed by atoms with Crippen LogP contribution in [0, 0.1) is 17.8 Å². The molecule has 1 aromatic heterocycles. The molecule has 4 rings (SSSR count). The number of carboxylic acid groups (broad SMARTS) is 1. The van der Waals surface area contributed by atoms with Crippen LogP contribution in [-0.2, 0) is 40.0 Å². The van der Waals surface area contributed by atoms with Gasteiger partial charge in [0.2, 0.25) is 35.4 Å². The van der Waals surface area contributed by atoms with E-state index in [2.05, 4.69) is 58.2 Å². The molecule has 0 radical (unpaired) electrons. The molecule has 3 heterocycles. The maximum atomic E-state index is 14.2. The lowest BCUT2D eigenvalue weighted by Gasteiger charge is -2.29. The Kier molecular flexibility index (Phi) is 18.8. The van der Waals surface area contributed by atoms with Crippen LogP contribution in [0.5, 0.6) is 0 Å². The van der Waals surface area contributed by atoms with E-state index < -0.39 is 83.7 Å². The van der Waals surface area contributed by atoms with Crippen LogP contribution in [0.15, 0.2) is 54.3 Å². The van der Waals surface area contributed by atoms with Crippen LogP contribution in [0.4, 0.5) is 0 Å². The Bertz CT molecular complexity index is 2030. The molecule has 2 aromatic rings. The van der Waals surface area contributed by atoms with Crippen molar-refractivity contribution in [2.75, 3.05) is 13.3 Å². The quantitative estimate of drug-likeness (QED) is 0.0624. The van der Waals surface area contributed by atoms with Crippen molar-refractivity contribution in [2.24, 2.45) is 23.5 Å². The van der Waals surface area contributed by atoms with Crippen LogP contribution in [0.2, 0.25) is 0 Å². The number of nitrogens with one attached hydrogen (secondary N) is 11. The van der Waals surface area contributed by atoms with Gasteiger partial charge in [-0.15, -0.1) is 0 Å². The maximum Gasteiger partial charge on any atom is 0.325 e. The molecule has 0 unspecified atom stereocenters. The molecule has 20 nitrogen and oxygen atoms in total. The first-order valence-corrected chi connectivity index (χ1v) is 22.0. The van der Waals surface area contributed by atoms with Crippen molar-refractivity contribution in [3.63, 3.8) is 0 Å². The molecule has 0 aliphatic carbocycles. The second kappa shape index (κ2) is 23.9. The Morgan fingerprint density at radius 3 is 1.41 bits per heavy atom. The summed E-state index contributed by atoms with van der Waals surface area (Å²) < 4.78 is 0. The van der Waals surface area contributed by atoms with E-state index in [1.807, 2.05) is 65.8 Å². The molecular weight excluding hydrogens is 825 g/mol. The maximum absolute atomic E-state index is 14.2. The average Bonchev–Trinajstić information content (AvgIpc) is 4.03. The number of fused-ring (bicyclic) bond motifs is 1. The zero-order valence-electron chi connectivity index (χ0n) is 37.9. The molecule has 0 spiro atoms. The molecule has 6 amide bonds. The fourth-order valence-electron chi connectivity index (χ4n) is 7.38. The van der Waals surface area contributed by atoms with Crippen LogP contribution >= 0.6 is 0 Å². The van der Waals surface area contributed by atoms with E-state index in [0.717, 1.165) is 16.5 Å². The highest BCUT2D eigenvalue weighted by atomic mass is 16.4. The lowest BCUT2D eigenvalue weighted by molar-refractivity contribution is -0.141. The molecule has 20 heteroatoms. The monoisotopic (exact) mass is 893 g/mol. The van der Waals surface area contributed by atoms with Crippen LogP contribution in [0.3, 0.4) is 0 Å². The summed E-state index contributed by atoms with van der Waals surface area (Å²) in [6, 6.07) is -0.267. The number of aliphatic carboxylic acids is 1. The standard InChI is InChI=1S/C44H68N12O8/c1-23(2)12-33(40(59)54-35(14-25(5)6)42(61)56-36(16-28-19-46-21-49-28)39(58)51-26(7)44(63)64)53-41(60)34(13-24(3)4)55-43(62)37(17-29-20-47-22-50-29)52-38(57)31(45)15-27-18-48-32-11-9-8-10-30(27)32/h8-11,18-20,23-26,31,33-37,46-50H,12-17,21-22,45H2,1-7H3,(H,51,58)(H,52,57)(H,53,60)(H,54,59)(H,55,62)(H,56,61)(H,63,64)/t26-,31-,33-,34-,35-,36-,37-/m0/s1. The van der Waals surface area contributed by atoms with Gasteiger partial charge in [0.1, 0.15) is 36.3 Å². The molecule has 2 aliphatic heterocycles. The van der Waals surface area contributed by atoms with Gasteiger partial charge < -0.3 is 69.0 Å². The smallest absolute Gasteiger partial charge is 0.325 e. The van der Waals surface area contributed by atoms with E-state index in [1.165, 1.54) is 6.92 Å². The van der Waals surface area contributed by atoms with Gasteiger partial charge in [0.15, 0.2) is 0 Å². The largest absolute Gasteiger partial charge is 0.480 e. The van der Waals surface area contributed by atoms with Crippen molar-refractivity contribution in [3.8, 4) is 0 Å². The Balaban J connectivity index is 1.50. The summed E-state index contributed by atoms with van der Waals surface area (Å²) in [6.07, 6.45) is 6.00. The molecule has 352 valence electrons. The summed E-state index contributed by atoms with van der Waals surface area (Å²) in [5.41, 5.74) is 9.42. The average molecular weight is 893 g/mol. The number of benzene rings is 1. The van der Waals surface area contributed by atoms with Gasteiger partial charge in [-0.05, 0) is 62.0 Å². The van der Waals surface area contributed by atoms with E-state index in [0.29, 0.717) is 24.7 Å². The Morgan fingerprint density at radius 2 is 0.984 bits per heavy atom. The van der Waals surface area contributed by atoms with Crippen LogP contribution in [0.25, 0.3) is 10.9 Å². The van der Waals surface area contributed by atoms with E-state index in [4.69, 9.17) is 5.73 Å². The second-order valence-corrected chi connectivity index (χ2v) is 17.8. The SMILES string of the molecule is CC(C)C[C@H](NC(=O)[C@H](CC(C)C)NC(=O)[C@H](CC(C)C)NC(=O)[C@H](CC1=CNCN1)NC(=O)[C@@H](N)Cc1c[nH]c2ccccc12)C(=O)N[C@@H](CC1=CNCN1)C(=O)N[C@@H](C)C(=O)O. The third-order valence-electron chi connectivity index (χ3n) is 10.7. The highest BCUT2D eigenvalue weighted by molar-refractivity contribution is 5.97. The summed E-state index contributed by atoms with van der Waals surface area (Å²) in [4.78, 5) is 97.8. The number of para-hydroxylation sites is 1. The summed E-state index contributed by atoms with van der Waals surface area (Å²) in [5, 5.41) is 38.8. The highest BCUT2D eigenvalue weighted by Gasteiger charge is 2.35. The summed E-state index contributed by atoms with van der Waals surface area (Å²) >= 11 is 0. The lowest BCUT2D eigenvalue weighted by Crippen LogP contribution is -2.60. The van der Waals surface area contributed by atoms with Crippen molar-refractivity contribution in [1.29, 1.82) is 0 Å². The molecule has 0 saturated carbocycles. The number of amides is 6. The van der Waals surface area contributed by atoms with E-state index in [1.54, 1.807) is 18.6 Å². The molecule has 64 heavy (non-hydrogen) atoms. The summed E-state index contributed by atoms with van der Waals surface area (Å²) in [5.74, 6) is -5.38. The fourth-order valence-corrected chi connectivity index (χ4v) is 7.38. The van der Waals surface area contributed by atoms with Gasteiger partial charge in [0, 0.05) is 53.7 Å². The number of H-pyrrole nitrogens is 1. The van der Waals surface area contributed by atoms with Crippen molar-refractivity contribution in [2.45, 2.75) is 129 Å². The third-order valence-corrected chi connectivity index (χ3v) is 10.7. The first kappa shape index (κ1) is 50.3. The molecule has 7 atom stereocenters. The minimum atomic E-state index is -1.25. The molecule has 0 saturated heterocycles. The number of carbonyl (C=O) groups excluding carboxylic acids is 6. The number of rotatable bonds is 25. The minimum absolute atomic E-state index is 0.0155. The Hall–Kier alpha value is -6.31. The topological polar surface area (TPSA) is 302 Å². The third kappa shape index (κ3) is 15.5. The van der Waals surface area contributed by atoms with Gasteiger partial charge in [0.25, 0.3) is 0 Å². The fraction of sp³-hybridized carbons (Fsp3) is 0.568. The van der Waals surface area contributed by atoms with Crippen LogP contribution < -0.4 is 58.9 Å². The minimum Gasteiger partial charge on any atom is -0.480 e. The van der Waals surface area contributed by atoms with Gasteiger partial charge >= 0.3 is 5.97 Å². The van der Waals surface area contributed by atoms with Gasteiger partial charge in [0.05, 0.1) is 19.4 Å². The first-order chi connectivity index (χ1) is 30.3. The number of carbonyl (C=O) groups is 7. The predicted octanol–water partition coefficient (Wildman–Crippen LogP) is -0.0471. The van der Waals surface area contributed by atoms with Gasteiger partial charge in [-0.1, -0.05) is 59.7 Å². The van der Waals surface area contributed by atoms with Gasteiger partial charge in [-0.2, -0.15) is 0 Å².